The number of halogens is 7. The lowest BCUT2D eigenvalue weighted by Crippen LogP contribution is -2.39. The number of benzene rings is 2. The van der Waals surface area contributed by atoms with Crippen LogP contribution in [0.15, 0.2) is 66.9 Å². The molecule has 44 heavy (non-hydrogen) atoms. The van der Waals surface area contributed by atoms with Crippen LogP contribution < -0.4 is 4.74 Å². The Balaban J connectivity index is 1.32. The third-order valence-electron chi connectivity index (χ3n) is 7.30. The van der Waals surface area contributed by atoms with Crippen molar-refractivity contribution >= 4 is 17.6 Å². The van der Waals surface area contributed by atoms with Crippen molar-refractivity contribution in [3.8, 4) is 22.8 Å². The number of likely N-dealkylation sites (tertiary alicyclic amines) is 1. The second-order valence-corrected chi connectivity index (χ2v) is 10.7. The predicted octanol–water partition coefficient (Wildman–Crippen LogP) is 7.63. The van der Waals surface area contributed by atoms with Crippen LogP contribution in [-0.2, 0) is 12.8 Å². The third-order valence-corrected chi connectivity index (χ3v) is 7.66. The molecule has 0 saturated carbocycles. The lowest BCUT2D eigenvalue weighted by Gasteiger charge is -2.32. The number of carboxylic acids is 1. The number of pyridine rings is 1. The molecule has 0 aliphatic carbocycles. The number of alkyl halides is 6. The van der Waals surface area contributed by atoms with Crippen LogP contribution in [0.2, 0.25) is 5.02 Å². The maximum absolute atomic E-state index is 13.7. The number of ether oxygens (including phenoxy) is 1. The van der Waals surface area contributed by atoms with Crippen molar-refractivity contribution in [2.45, 2.75) is 37.7 Å². The Kier molecular flexibility index (Phi) is 8.89. The predicted molar refractivity (Wildman–Crippen MR) is 149 cm³/mol. The van der Waals surface area contributed by atoms with E-state index in [-0.39, 0.29) is 24.0 Å². The second kappa shape index (κ2) is 12.5. The number of piperidine rings is 1. The van der Waals surface area contributed by atoms with Crippen LogP contribution in [0, 0.1) is 0 Å². The molecule has 0 amide bonds. The van der Waals surface area contributed by atoms with Gasteiger partial charge in [-0.3, -0.25) is 4.90 Å². The molecule has 1 saturated heterocycles. The molecule has 4 aromatic rings. The summed E-state index contributed by atoms with van der Waals surface area (Å²) >= 11 is 6.56. The Morgan fingerprint density at radius 1 is 1.00 bits per heavy atom. The number of hydrogen-bond donors (Lipinski definition) is 1. The van der Waals surface area contributed by atoms with E-state index in [0.717, 1.165) is 5.56 Å². The van der Waals surface area contributed by atoms with Crippen molar-refractivity contribution in [2.24, 2.45) is 0 Å². The number of aromatic carboxylic acids is 1. The van der Waals surface area contributed by atoms with Crippen LogP contribution >= 0.6 is 11.6 Å². The molecule has 1 aliphatic heterocycles. The summed E-state index contributed by atoms with van der Waals surface area (Å²) < 4.78 is 85.9. The Hall–Kier alpha value is -4.10. The number of hydrogen-bond acceptors (Lipinski definition) is 5. The second-order valence-electron chi connectivity index (χ2n) is 10.3. The maximum atomic E-state index is 13.7. The lowest BCUT2D eigenvalue weighted by atomic mass is 9.89. The Bertz CT molecular complexity index is 1650. The van der Waals surface area contributed by atoms with Crippen LogP contribution in [0.3, 0.4) is 0 Å². The fourth-order valence-electron chi connectivity index (χ4n) is 5.21. The van der Waals surface area contributed by atoms with E-state index in [2.05, 4.69) is 10.1 Å². The van der Waals surface area contributed by atoms with Crippen LogP contribution in [-0.4, -0.2) is 56.6 Å². The summed E-state index contributed by atoms with van der Waals surface area (Å²) in [4.78, 5) is 17.1. The minimum Gasteiger partial charge on any atom is -0.488 e. The summed E-state index contributed by atoms with van der Waals surface area (Å²) in [5.74, 6) is -1.54. The van der Waals surface area contributed by atoms with Gasteiger partial charge < -0.3 is 9.84 Å². The number of carbonyl (C=O) groups is 1. The van der Waals surface area contributed by atoms with E-state index in [4.69, 9.17) is 16.3 Å². The van der Waals surface area contributed by atoms with Gasteiger partial charge in [-0.1, -0.05) is 41.9 Å². The summed E-state index contributed by atoms with van der Waals surface area (Å²) in [6, 6.07) is 16.6. The fourth-order valence-corrected chi connectivity index (χ4v) is 5.46. The molecule has 0 radical (unpaired) electrons. The van der Waals surface area contributed by atoms with Crippen molar-refractivity contribution in [3.05, 3.63) is 94.3 Å². The number of nitrogens with zero attached hydrogens (tertiary/aromatic N) is 4. The summed E-state index contributed by atoms with van der Waals surface area (Å²) in [6.07, 6.45) is -7.42. The van der Waals surface area contributed by atoms with Gasteiger partial charge in [-0.25, -0.2) is 14.5 Å². The van der Waals surface area contributed by atoms with Gasteiger partial charge in [-0.15, -0.1) is 0 Å². The molecule has 0 bridgehead atoms. The largest absolute Gasteiger partial charge is 0.488 e. The van der Waals surface area contributed by atoms with Gasteiger partial charge in [0.05, 0.1) is 18.4 Å². The van der Waals surface area contributed by atoms with E-state index in [1.54, 1.807) is 42.5 Å². The van der Waals surface area contributed by atoms with Gasteiger partial charge in [0.1, 0.15) is 17.9 Å². The molecule has 2 aromatic carbocycles. The molecule has 14 heteroatoms. The fraction of sp³-hybridized carbons (Fsp3) is 0.300. The van der Waals surface area contributed by atoms with Crippen molar-refractivity contribution in [1.29, 1.82) is 0 Å². The average Bonchev–Trinajstić information content (AvgIpc) is 3.43. The Labute approximate surface area is 252 Å². The topological polar surface area (TPSA) is 80.5 Å². The summed E-state index contributed by atoms with van der Waals surface area (Å²) in [6.45, 7) is -0.171. The Morgan fingerprint density at radius 2 is 1.73 bits per heavy atom. The van der Waals surface area contributed by atoms with Crippen LogP contribution in [0.1, 0.15) is 45.9 Å². The number of carboxylic acid groups (broad SMARTS) is 1. The molecule has 232 valence electrons. The first-order valence-corrected chi connectivity index (χ1v) is 13.8. The lowest BCUT2D eigenvalue weighted by molar-refractivity contribution is -0.148. The monoisotopic (exact) mass is 638 g/mol. The molecule has 0 atom stereocenters. The van der Waals surface area contributed by atoms with Gasteiger partial charge in [0.15, 0.2) is 11.5 Å². The van der Waals surface area contributed by atoms with E-state index in [9.17, 15) is 36.2 Å². The van der Waals surface area contributed by atoms with E-state index in [1.165, 1.54) is 17.0 Å². The Morgan fingerprint density at radius 3 is 2.39 bits per heavy atom. The zero-order valence-electron chi connectivity index (χ0n) is 22.9. The molecule has 3 heterocycles. The molecule has 1 aliphatic rings. The van der Waals surface area contributed by atoms with Crippen LogP contribution in [0.25, 0.3) is 17.1 Å². The summed E-state index contributed by atoms with van der Waals surface area (Å²) in [5, 5.41) is 13.3. The first kappa shape index (κ1) is 31.3. The number of rotatable bonds is 8. The highest BCUT2D eigenvalue weighted by Crippen LogP contribution is 2.36. The molecular weight excluding hydrogens is 614 g/mol. The first-order chi connectivity index (χ1) is 20.8. The SMILES string of the molecule is O=C(O)c1cnn(-c2cccc(-c3ccccc3OCc3ccc(C4CCN(CC(F)(F)F)CC4)cc3Cl)n2)c1C(F)(F)F. The normalized spacial score (nSPS) is 15.0. The van der Waals surface area contributed by atoms with Crippen molar-refractivity contribution < 1.29 is 41.0 Å². The third kappa shape index (κ3) is 7.16. The van der Waals surface area contributed by atoms with E-state index >= 15 is 0 Å². The molecule has 0 unspecified atom stereocenters. The van der Waals surface area contributed by atoms with Crippen LogP contribution in [0.4, 0.5) is 26.3 Å². The van der Waals surface area contributed by atoms with Crippen molar-refractivity contribution in [3.63, 3.8) is 0 Å². The van der Waals surface area contributed by atoms with Crippen molar-refractivity contribution in [2.75, 3.05) is 19.6 Å². The molecule has 5 rings (SSSR count). The molecule has 1 N–H and O–H groups in total. The van der Waals surface area contributed by atoms with E-state index in [0.29, 0.717) is 58.7 Å². The van der Waals surface area contributed by atoms with Gasteiger partial charge in [0, 0.05) is 16.1 Å². The van der Waals surface area contributed by atoms with Gasteiger partial charge in [0.2, 0.25) is 0 Å². The van der Waals surface area contributed by atoms with Crippen LogP contribution in [0.5, 0.6) is 5.75 Å². The average molecular weight is 639 g/mol. The van der Waals surface area contributed by atoms with Gasteiger partial charge >= 0.3 is 18.3 Å². The van der Waals surface area contributed by atoms with Gasteiger partial charge in [-0.2, -0.15) is 31.4 Å². The highest BCUT2D eigenvalue weighted by molar-refractivity contribution is 6.31. The minimum atomic E-state index is -5.00. The smallest absolute Gasteiger partial charge is 0.434 e. The summed E-state index contributed by atoms with van der Waals surface area (Å²) in [7, 11) is 0. The highest BCUT2D eigenvalue weighted by atomic mass is 35.5. The molecule has 0 spiro atoms. The number of aromatic nitrogens is 3. The van der Waals surface area contributed by atoms with Crippen molar-refractivity contribution in [1.82, 2.24) is 19.7 Å². The quantitative estimate of drug-likeness (QED) is 0.200. The molecule has 1 fully saturated rings. The van der Waals surface area contributed by atoms with E-state index < -0.39 is 36.1 Å². The first-order valence-electron chi connectivity index (χ1n) is 13.5. The summed E-state index contributed by atoms with van der Waals surface area (Å²) in [5.41, 5.74) is -0.125. The zero-order chi connectivity index (χ0) is 31.6. The van der Waals surface area contributed by atoms with Gasteiger partial charge in [-0.05, 0) is 67.7 Å². The standard InChI is InChI=1S/C30H25ClF6N4O3/c31-23-14-19(18-10-12-40(13-11-18)17-29(32,33)34)8-9-20(23)16-44-25-6-2-1-4-21(25)24-5-3-7-26(39-24)41-27(30(35,36)37)22(15-38-41)28(42)43/h1-9,14-15,18H,10-13,16-17H2,(H,42,43). The molecular formula is C30H25ClF6N4O3. The van der Waals surface area contributed by atoms with Gasteiger partial charge in [0.25, 0.3) is 0 Å². The molecule has 7 nitrogen and oxygen atoms in total. The zero-order valence-corrected chi connectivity index (χ0v) is 23.6. The highest BCUT2D eigenvalue weighted by Gasteiger charge is 2.41. The molecule has 2 aromatic heterocycles. The van der Waals surface area contributed by atoms with E-state index in [1.807, 2.05) is 6.07 Å². The maximum Gasteiger partial charge on any atom is 0.434 e. The number of para-hydroxylation sites is 1. The minimum absolute atomic E-state index is 0.0548.